The lowest BCUT2D eigenvalue weighted by Crippen LogP contribution is -2.28. The van der Waals surface area contributed by atoms with Crippen LogP contribution in [0.4, 0.5) is 4.39 Å². The number of hydrazine groups is 1. The Labute approximate surface area is 77.9 Å². The fraction of sp³-hybridized carbons (Fsp3) is 0.400. The van der Waals surface area contributed by atoms with Crippen molar-refractivity contribution in [2.45, 2.75) is 26.3 Å². The van der Waals surface area contributed by atoms with Crippen molar-refractivity contribution in [3.05, 3.63) is 35.1 Å². The highest BCUT2D eigenvalue weighted by atomic mass is 19.1. The summed E-state index contributed by atoms with van der Waals surface area (Å²) in [6.07, 6.45) is 0.775. The van der Waals surface area contributed by atoms with Gasteiger partial charge in [0.15, 0.2) is 0 Å². The molecule has 0 saturated carbocycles. The summed E-state index contributed by atoms with van der Waals surface area (Å²) in [6.45, 7) is 3.90. The highest BCUT2D eigenvalue weighted by Crippen LogP contribution is 2.20. The van der Waals surface area contributed by atoms with Crippen molar-refractivity contribution < 1.29 is 4.39 Å². The van der Waals surface area contributed by atoms with Gasteiger partial charge in [0.05, 0.1) is 0 Å². The van der Waals surface area contributed by atoms with Crippen LogP contribution in [0.5, 0.6) is 0 Å². The fourth-order valence-electron chi connectivity index (χ4n) is 1.36. The van der Waals surface area contributed by atoms with Crippen molar-refractivity contribution >= 4 is 0 Å². The molecule has 2 nitrogen and oxygen atoms in total. The van der Waals surface area contributed by atoms with Gasteiger partial charge in [-0.25, -0.2) is 4.39 Å². The maximum atomic E-state index is 13.3. The molecule has 1 rings (SSSR count). The van der Waals surface area contributed by atoms with Crippen LogP contribution in [0.2, 0.25) is 0 Å². The Hall–Kier alpha value is -0.930. The summed E-state index contributed by atoms with van der Waals surface area (Å²) in [5.74, 6) is 5.12. The smallest absolute Gasteiger partial charge is 0.128 e. The average Bonchev–Trinajstić information content (AvgIpc) is 2.13. The number of hydrogen-bond acceptors (Lipinski definition) is 2. The van der Waals surface area contributed by atoms with Gasteiger partial charge >= 0.3 is 0 Å². The first-order valence-electron chi connectivity index (χ1n) is 4.41. The summed E-state index contributed by atoms with van der Waals surface area (Å²) in [7, 11) is 0. The zero-order valence-corrected chi connectivity index (χ0v) is 7.97. The molecule has 0 aromatic heterocycles. The Morgan fingerprint density at radius 2 is 2.23 bits per heavy atom. The molecule has 0 aliphatic carbocycles. The highest BCUT2D eigenvalue weighted by Gasteiger charge is 2.11. The van der Waals surface area contributed by atoms with Crippen LogP contribution < -0.4 is 11.3 Å². The Morgan fingerprint density at radius 3 is 2.77 bits per heavy atom. The molecule has 0 radical (unpaired) electrons. The number of aryl methyl sites for hydroxylation is 1. The SMILES string of the molecule is CCC(NN)c1cc(C)ccc1F. The molecule has 0 aliphatic heterocycles. The minimum atomic E-state index is -0.199. The lowest BCUT2D eigenvalue weighted by atomic mass is 10.0. The standard InChI is InChI=1S/C10H15FN2/c1-3-10(13-12)8-6-7(2)4-5-9(8)11/h4-6,10,13H,3,12H2,1-2H3. The van der Waals surface area contributed by atoms with Crippen LogP contribution in [0.3, 0.4) is 0 Å². The first kappa shape index (κ1) is 10.2. The zero-order chi connectivity index (χ0) is 9.84. The van der Waals surface area contributed by atoms with Crippen LogP contribution in [0.25, 0.3) is 0 Å². The van der Waals surface area contributed by atoms with E-state index in [1.54, 1.807) is 6.07 Å². The molecular weight excluding hydrogens is 167 g/mol. The van der Waals surface area contributed by atoms with E-state index in [-0.39, 0.29) is 11.9 Å². The van der Waals surface area contributed by atoms with Gasteiger partial charge in [-0.15, -0.1) is 0 Å². The van der Waals surface area contributed by atoms with E-state index in [1.165, 1.54) is 6.07 Å². The van der Waals surface area contributed by atoms with E-state index in [9.17, 15) is 4.39 Å². The van der Waals surface area contributed by atoms with Crippen molar-refractivity contribution in [1.29, 1.82) is 0 Å². The van der Waals surface area contributed by atoms with Gasteiger partial charge in [0.1, 0.15) is 5.82 Å². The van der Waals surface area contributed by atoms with Gasteiger partial charge in [0, 0.05) is 11.6 Å². The monoisotopic (exact) mass is 182 g/mol. The van der Waals surface area contributed by atoms with Crippen LogP contribution in [0, 0.1) is 12.7 Å². The van der Waals surface area contributed by atoms with Crippen molar-refractivity contribution in [3.63, 3.8) is 0 Å². The summed E-state index contributed by atoms with van der Waals surface area (Å²) >= 11 is 0. The number of benzene rings is 1. The van der Waals surface area contributed by atoms with E-state index < -0.39 is 0 Å². The van der Waals surface area contributed by atoms with Gasteiger partial charge in [-0.1, -0.05) is 24.6 Å². The second kappa shape index (κ2) is 4.35. The molecule has 0 fully saturated rings. The summed E-state index contributed by atoms with van der Waals surface area (Å²) in [5.41, 5.74) is 4.29. The molecule has 0 saturated heterocycles. The number of nitrogens with one attached hydrogen (secondary N) is 1. The van der Waals surface area contributed by atoms with Crippen molar-refractivity contribution in [3.8, 4) is 0 Å². The fourth-order valence-corrected chi connectivity index (χ4v) is 1.36. The Kier molecular flexibility index (Phi) is 3.39. The molecule has 0 amide bonds. The molecule has 1 atom stereocenters. The van der Waals surface area contributed by atoms with Gasteiger partial charge in [0.2, 0.25) is 0 Å². The van der Waals surface area contributed by atoms with E-state index in [2.05, 4.69) is 5.43 Å². The number of halogens is 1. The summed E-state index contributed by atoms with van der Waals surface area (Å²) in [5, 5.41) is 0. The molecule has 1 aromatic rings. The van der Waals surface area contributed by atoms with Crippen LogP contribution in [0.1, 0.15) is 30.5 Å². The summed E-state index contributed by atoms with van der Waals surface area (Å²) in [6, 6.07) is 4.95. The van der Waals surface area contributed by atoms with Crippen LogP contribution in [-0.2, 0) is 0 Å². The van der Waals surface area contributed by atoms with Gasteiger partial charge < -0.3 is 0 Å². The molecule has 1 aromatic carbocycles. The molecule has 3 N–H and O–H groups in total. The zero-order valence-electron chi connectivity index (χ0n) is 7.97. The maximum absolute atomic E-state index is 13.3. The Morgan fingerprint density at radius 1 is 1.54 bits per heavy atom. The predicted molar refractivity (Wildman–Crippen MR) is 51.5 cm³/mol. The predicted octanol–water partition coefficient (Wildman–Crippen LogP) is 2.05. The van der Waals surface area contributed by atoms with Crippen LogP contribution in [0.15, 0.2) is 18.2 Å². The number of rotatable bonds is 3. The molecule has 0 bridgehead atoms. The van der Waals surface area contributed by atoms with Crippen LogP contribution in [-0.4, -0.2) is 0 Å². The van der Waals surface area contributed by atoms with E-state index in [1.807, 2.05) is 19.9 Å². The third-order valence-electron chi connectivity index (χ3n) is 2.14. The van der Waals surface area contributed by atoms with Crippen molar-refractivity contribution in [2.75, 3.05) is 0 Å². The number of hydrogen-bond donors (Lipinski definition) is 2. The van der Waals surface area contributed by atoms with Gasteiger partial charge in [-0.2, -0.15) is 0 Å². The minimum absolute atomic E-state index is 0.0973. The topological polar surface area (TPSA) is 38.0 Å². The second-order valence-electron chi connectivity index (χ2n) is 3.15. The molecule has 1 unspecified atom stereocenters. The van der Waals surface area contributed by atoms with E-state index in [0.717, 1.165) is 12.0 Å². The number of nitrogens with two attached hydrogens (primary N) is 1. The van der Waals surface area contributed by atoms with Crippen molar-refractivity contribution in [1.82, 2.24) is 5.43 Å². The Bertz CT molecular complexity index is 282. The molecule has 0 heterocycles. The molecule has 0 aliphatic rings. The first-order valence-corrected chi connectivity index (χ1v) is 4.41. The largest absolute Gasteiger partial charge is 0.271 e. The molecule has 0 spiro atoms. The van der Waals surface area contributed by atoms with Gasteiger partial charge in [0.25, 0.3) is 0 Å². The van der Waals surface area contributed by atoms with E-state index in [0.29, 0.717) is 5.56 Å². The minimum Gasteiger partial charge on any atom is -0.271 e. The van der Waals surface area contributed by atoms with Crippen molar-refractivity contribution in [2.24, 2.45) is 5.84 Å². The average molecular weight is 182 g/mol. The lowest BCUT2D eigenvalue weighted by molar-refractivity contribution is 0.501. The second-order valence-corrected chi connectivity index (χ2v) is 3.15. The molecule has 3 heteroatoms. The van der Waals surface area contributed by atoms with Gasteiger partial charge in [-0.05, 0) is 19.4 Å². The van der Waals surface area contributed by atoms with E-state index in [4.69, 9.17) is 5.84 Å². The highest BCUT2D eigenvalue weighted by molar-refractivity contribution is 5.26. The molecular formula is C10H15FN2. The maximum Gasteiger partial charge on any atom is 0.128 e. The van der Waals surface area contributed by atoms with Crippen LogP contribution >= 0.6 is 0 Å². The normalized spacial score (nSPS) is 12.9. The molecule has 72 valence electrons. The van der Waals surface area contributed by atoms with Gasteiger partial charge in [-0.3, -0.25) is 11.3 Å². The summed E-state index contributed by atoms with van der Waals surface area (Å²) in [4.78, 5) is 0. The quantitative estimate of drug-likeness (QED) is 0.554. The Balaban J connectivity index is 3.03. The third-order valence-corrected chi connectivity index (χ3v) is 2.14. The first-order chi connectivity index (χ1) is 6.19. The molecule has 13 heavy (non-hydrogen) atoms. The van der Waals surface area contributed by atoms with E-state index >= 15 is 0 Å². The third kappa shape index (κ3) is 2.26. The summed E-state index contributed by atoms with van der Waals surface area (Å²) < 4.78 is 13.3. The lowest BCUT2D eigenvalue weighted by Gasteiger charge is -2.15.